The standard InChI is InChI=1S/C37H47N9O4S/c1-23-19-32(51(49,50)44-31-17-18-39-24(2)20-31)15-16-33(23)27-7-3-25(4-8-27)21-34(41-36(47)29-9-5-26(22-38)6-10-29)37(48)40-30-13-11-28(12-14-30)35-42-45-46-43-35/h3-4,7-8,11-16,19,24,26,29,31,34,39,44H,5-6,9-10,17-18,20-22,38H2,1-2H3,(H,40,48)(H,41,47)(H,42,43,45,46)/t24?,26?,29?,31?,34-/m0/s1. The Bertz CT molecular complexity index is 1890. The second-order valence-electron chi connectivity index (χ2n) is 13.9. The molecule has 0 radical (unpaired) electrons. The minimum Gasteiger partial charge on any atom is -0.344 e. The number of hydrogen-bond acceptors (Lipinski definition) is 9. The van der Waals surface area contributed by atoms with E-state index in [9.17, 15) is 18.0 Å². The number of rotatable bonds is 12. The Balaban J connectivity index is 1.15. The average Bonchev–Trinajstić information content (AvgIpc) is 3.67. The van der Waals surface area contributed by atoms with Crippen molar-refractivity contribution in [2.24, 2.45) is 17.6 Å². The number of sulfonamides is 1. The fourth-order valence-corrected chi connectivity index (χ4v) is 8.45. The highest BCUT2D eigenvalue weighted by Crippen LogP contribution is 2.29. The van der Waals surface area contributed by atoms with Gasteiger partial charge in [0.2, 0.25) is 27.7 Å². The molecule has 1 saturated heterocycles. The number of carbonyl (C=O) groups excluding carboxylic acids is 2. The van der Waals surface area contributed by atoms with Crippen molar-refractivity contribution in [1.82, 2.24) is 36.0 Å². The molecule has 13 nitrogen and oxygen atoms in total. The maximum Gasteiger partial charge on any atom is 0.247 e. The first-order valence-corrected chi connectivity index (χ1v) is 19.2. The number of aromatic amines is 1. The quantitative estimate of drug-likeness (QED) is 0.127. The molecule has 6 rings (SSSR count). The molecule has 2 heterocycles. The molecule has 0 bridgehead atoms. The Morgan fingerprint density at radius 1 is 0.961 bits per heavy atom. The van der Waals surface area contributed by atoms with Crippen molar-refractivity contribution in [3.05, 3.63) is 77.9 Å². The molecule has 3 atom stereocenters. The molecule has 14 heteroatoms. The molecule has 3 aromatic carbocycles. The molecule has 0 spiro atoms. The van der Waals surface area contributed by atoms with Crippen LogP contribution in [-0.4, -0.2) is 72.1 Å². The molecular formula is C37H47N9O4S. The van der Waals surface area contributed by atoms with Gasteiger partial charge in [-0.05, 0) is 135 Å². The number of tetrazole rings is 1. The van der Waals surface area contributed by atoms with E-state index in [0.717, 1.165) is 72.9 Å². The zero-order valence-corrected chi connectivity index (χ0v) is 29.9. The van der Waals surface area contributed by atoms with Crippen LogP contribution in [0, 0.1) is 18.8 Å². The summed E-state index contributed by atoms with van der Waals surface area (Å²) in [5.41, 5.74) is 10.7. The van der Waals surface area contributed by atoms with E-state index in [2.05, 4.69) is 48.2 Å². The summed E-state index contributed by atoms with van der Waals surface area (Å²) in [6, 6.07) is 19.5. The molecule has 7 N–H and O–H groups in total. The molecule has 270 valence electrons. The van der Waals surface area contributed by atoms with E-state index in [-0.39, 0.29) is 41.1 Å². The third-order valence-corrected chi connectivity index (χ3v) is 11.6. The highest BCUT2D eigenvalue weighted by molar-refractivity contribution is 7.89. The SMILES string of the molecule is Cc1cc(S(=O)(=O)NC2CCNC(C)C2)ccc1-c1ccc(C[C@H](NC(=O)C2CCC(CN)CC2)C(=O)Nc2ccc(-c3nn[nH]n3)cc2)cc1. The Labute approximate surface area is 299 Å². The normalized spacial score (nSPS) is 21.5. The fourth-order valence-electron chi connectivity index (χ4n) is 7.09. The van der Waals surface area contributed by atoms with Gasteiger partial charge in [-0.15, -0.1) is 10.2 Å². The number of H-pyrrole nitrogens is 1. The second-order valence-corrected chi connectivity index (χ2v) is 15.6. The number of carbonyl (C=O) groups is 2. The Hall–Kier alpha value is -4.50. The number of benzene rings is 3. The fraction of sp³-hybridized carbons (Fsp3) is 0.432. The summed E-state index contributed by atoms with van der Waals surface area (Å²) >= 11 is 0. The van der Waals surface area contributed by atoms with Crippen molar-refractivity contribution in [3.63, 3.8) is 0 Å². The van der Waals surface area contributed by atoms with E-state index in [1.165, 1.54) is 0 Å². The molecule has 1 saturated carbocycles. The number of nitrogens with zero attached hydrogens (tertiary/aromatic N) is 3. The number of nitrogens with two attached hydrogens (primary N) is 1. The van der Waals surface area contributed by atoms with Crippen LogP contribution in [0.25, 0.3) is 22.5 Å². The van der Waals surface area contributed by atoms with Gasteiger partial charge in [-0.2, -0.15) is 5.21 Å². The maximum absolute atomic E-state index is 13.7. The minimum absolute atomic E-state index is 0.0936. The molecule has 1 aliphatic carbocycles. The van der Waals surface area contributed by atoms with Crippen LogP contribution >= 0.6 is 0 Å². The maximum atomic E-state index is 13.7. The largest absolute Gasteiger partial charge is 0.344 e. The molecule has 2 aliphatic rings. The van der Waals surface area contributed by atoms with Crippen LogP contribution in [0.4, 0.5) is 5.69 Å². The van der Waals surface area contributed by atoms with Gasteiger partial charge < -0.3 is 21.7 Å². The van der Waals surface area contributed by atoms with E-state index in [4.69, 9.17) is 5.73 Å². The monoisotopic (exact) mass is 713 g/mol. The lowest BCUT2D eigenvalue weighted by Gasteiger charge is -2.28. The number of piperidine rings is 1. The number of anilines is 1. The van der Waals surface area contributed by atoms with Crippen LogP contribution in [0.3, 0.4) is 0 Å². The molecule has 1 aromatic heterocycles. The van der Waals surface area contributed by atoms with Crippen molar-refractivity contribution >= 4 is 27.5 Å². The lowest BCUT2D eigenvalue weighted by atomic mass is 9.81. The van der Waals surface area contributed by atoms with Gasteiger partial charge in [-0.1, -0.05) is 30.3 Å². The predicted molar refractivity (Wildman–Crippen MR) is 196 cm³/mol. The van der Waals surface area contributed by atoms with Crippen molar-refractivity contribution in [2.45, 2.75) is 81.8 Å². The first-order valence-electron chi connectivity index (χ1n) is 17.7. The van der Waals surface area contributed by atoms with Crippen LogP contribution in [0.15, 0.2) is 71.6 Å². The molecular weight excluding hydrogens is 667 g/mol. The smallest absolute Gasteiger partial charge is 0.247 e. The number of aromatic nitrogens is 4. The molecule has 2 fully saturated rings. The summed E-state index contributed by atoms with van der Waals surface area (Å²) in [7, 11) is -3.66. The van der Waals surface area contributed by atoms with Crippen LogP contribution in [0.1, 0.15) is 56.6 Å². The van der Waals surface area contributed by atoms with Crippen molar-refractivity contribution in [2.75, 3.05) is 18.4 Å². The van der Waals surface area contributed by atoms with Crippen molar-refractivity contribution < 1.29 is 18.0 Å². The summed E-state index contributed by atoms with van der Waals surface area (Å²) in [4.78, 5) is 27.4. The van der Waals surface area contributed by atoms with E-state index < -0.39 is 16.1 Å². The third kappa shape index (κ3) is 9.25. The molecule has 4 aromatic rings. The number of amides is 2. The van der Waals surface area contributed by atoms with Gasteiger partial charge in [0, 0.05) is 35.7 Å². The summed E-state index contributed by atoms with van der Waals surface area (Å²) < 4.78 is 29.3. The highest BCUT2D eigenvalue weighted by atomic mass is 32.2. The zero-order valence-electron chi connectivity index (χ0n) is 29.1. The second kappa shape index (κ2) is 16.2. The Morgan fingerprint density at radius 2 is 1.69 bits per heavy atom. The van der Waals surface area contributed by atoms with Crippen LogP contribution in [0.5, 0.6) is 0 Å². The summed E-state index contributed by atoms with van der Waals surface area (Å²) in [5.74, 6) is 0.278. The average molecular weight is 714 g/mol. The van der Waals surface area contributed by atoms with Crippen LogP contribution in [-0.2, 0) is 26.0 Å². The van der Waals surface area contributed by atoms with Gasteiger partial charge in [-0.25, -0.2) is 13.1 Å². The molecule has 2 unspecified atom stereocenters. The van der Waals surface area contributed by atoms with Gasteiger partial charge in [0.25, 0.3) is 0 Å². The molecule has 1 aliphatic heterocycles. The van der Waals surface area contributed by atoms with Gasteiger partial charge in [-0.3, -0.25) is 9.59 Å². The molecule has 2 amide bonds. The number of hydrogen-bond donors (Lipinski definition) is 6. The molecule has 51 heavy (non-hydrogen) atoms. The first kappa shape index (κ1) is 36.3. The van der Waals surface area contributed by atoms with Gasteiger partial charge in [0.05, 0.1) is 4.90 Å². The highest BCUT2D eigenvalue weighted by Gasteiger charge is 2.30. The Kier molecular flexibility index (Phi) is 11.6. The third-order valence-electron chi connectivity index (χ3n) is 10.1. The zero-order chi connectivity index (χ0) is 36.0. The van der Waals surface area contributed by atoms with Crippen LogP contribution in [0.2, 0.25) is 0 Å². The van der Waals surface area contributed by atoms with Crippen molar-refractivity contribution in [1.29, 1.82) is 0 Å². The summed E-state index contributed by atoms with van der Waals surface area (Å²) in [6.07, 6.45) is 5.10. The minimum atomic E-state index is -3.66. The lowest BCUT2D eigenvalue weighted by molar-refractivity contribution is -0.130. The van der Waals surface area contributed by atoms with E-state index in [0.29, 0.717) is 24.0 Å². The first-order chi connectivity index (χ1) is 24.6. The summed E-state index contributed by atoms with van der Waals surface area (Å²) in [5, 5.41) is 23.3. The van der Waals surface area contributed by atoms with Gasteiger partial charge >= 0.3 is 0 Å². The predicted octanol–water partition coefficient (Wildman–Crippen LogP) is 3.69. The van der Waals surface area contributed by atoms with Gasteiger partial charge in [0.1, 0.15) is 6.04 Å². The Morgan fingerprint density at radius 3 is 2.33 bits per heavy atom. The number of nitrogens with one attached hydrogen (secondary N) is 5. The van der Waals surface area contributed by atoms with Crippen molar-refractivity contribution in [3.8, 4) is 22.5 Å². The summed E-state index contributed by atoms with van der Waals surface area (Å²) in [6.45, 7) is 5.37. The van der Waals surface area contributed by atoms with E-state index in [1.54, 1.807) is 36.4 Å². The van der Waals surface area contributed by atoms with E-state index in [1.807, 2.05) is 37.3 Å². The number of aryl methyl sites for hydroxylation is 1. The van der Waals surface area contributed by atoms with Gasteiger partial charge in [0.15, 0.2) is 0 Å². The van der Waals surface area contributed by atoms with E-state index >= 15 is 0 Å². The topological polar surface area (TPSA) is 197 Å². The van der Waals surface area contributed by atoms with Crippen LogP contribution < -0.4 is 26.4 Å². The lowest BCUT2D eigenvalue weighted by Crippen LogP contribution is -2.48.